The van der Waals surface area contributed by atoms with E-state index in [0.29, 0.717) is 32.4 Å². The summed E-state index contributed by atoms with van der Waals surface area (Å²) >= 11 is 7.23. The highest BCUT2D eigenvalue weighted by Crippen LogP contribution is 2.27. The zero-order valence-electron chi connectivity index (χ0n) is 15.2. The van der Waals surface area contributed by atoms with Gasteiger partial charge >= 0.3 is 0 Å². The van der Waals surface area contributed by atoms with Crippen molar-refractivity contribution in [3.63, 3.8) is 0 Å². The van der Waals surface area contributed by atoms with Gasteiger partial charge in [0.05, 0.1) is 28.2 Å². The lowest BCUT2D eigenvalue weighted by molar-refractivity contribution is 0.0641. The average Bonchev–Trinajstić information content (AvgIpc) is 3.43. The summed E-state index contributed by atoms with van der Waals surface area (Å²) in [5, 5.41) is 12.6. The van der Waals surface area contributed by atoms with E-state index < -0.39 is 5.91 Å². The molecule has 3 heterocycles. The average molecular weight is 438 g/mol. The van der Waals surface area contributed by atoms with Crippen LogP contribution >= 0.6 is 22.9 Å². The third-order valence-electron chi connectivity index (χ3n) is 4.71. The third kappa shape index (κ3) is 3.04. The predicted molar refractivity (Wildman–Crippen MR) is 112 cm³/mol. The molecule has 1 aliphatic rings. The molecule has 0 radical (unpaired) electrons. The molecule has 3 amide bonds. The number of carbonyl (C=O) groups excluding carboxylic acids is 3. The van der Waals surface area contributed by atoms with Gasteiger partial charge in [-0.05, 0) is 24.3 Å². The Hall–Kier alpha value is -3.56. The number of para-hydroxylation sites is 1. The van der Waals surface area contributed by atoms with Crippen molar-refractivity contribution in [1.82, 2.24) is 20.1 Å². The Kier molecular flexibility index (Phi) is 4.34. The molecule has 10 heteroatoms. The molecular formula is C20H12ClN5O3S. The van der Waals surface area contributed by atoms with Crippen molar-refractivity contribution in [2.24, 2.45) is 0 Å². The van der Waals surface area contributed by atoms with Crippen LogP contribution in [-0.4, -0.2) is 37.8 Å². The standard InChI is InChI=1S/C20H12ClN5O3S/c21-13-7-3-4-10-8-14(22-16(10)13)17(27)23-20-25-24-15(30-20)9-26-18(28)11-5-1-2-6-12(11)19(26)29/h1-8,22H,9H2,(H,23,25,27). The van der Waals surface area contributed by atoms with Gasteiger partial charge in [-0.25, -0.2) is 0 Å². The number of anilines is 1. The highest BCUT2D eigenvalue weighted by Gasteiger charge is 2.35. The van der Waals surface area contributed by atoms with Crippen molar-refractivity contribution >= 4 is 56.7 Å². The molecule has 4 aromatic rings. The second kappa shape index (κ2) is 7.05. The van der Waals surface area contributed by atoms with Gasteiger partial charge in [-0.2, -0.15) is 0 Å². The van der Waals surface area contributed by atoms with Crippen LogP contribution in [0.4, 0.5) is 5.13 Å². The van der Waals surface area contributed by atoms with Crippen molar-refractivity contribution in [2.75, 3.05) is 5.32 Å². The number of nitrogens with one attached hydrogen (secondary N) is 2. The van der Waals surface area contributed by atoms with Gasteiger partial charge in [-0.3, -0.25) is 24.6 Å². The molecule has 0 fully saturated rings. The number of rotatable bonds is 4. The normalized spacial score (nSPS) is 13.2. The minimum atomic E-state index is -0.398. The molecule has 0 aliphatic carbocycles. The largest absolute Gasteiger partial charge is 0.349 e. The number of imide groups is 1. The molecule has 1 aliphatic heterocycles. The number of carbonyl (C=O) groups is 3. The summed E-state index contributed by atoms with van der Waals surface area (Å²) in [7, 11) is 0. The van der Waals surface area contributed by atoms with Crippen molar-refractivity contribution in [1.29, 1.82) is 0 Å². The van der Waals surface area contributed by atoms with E-state index in [0.717, 1.165) is 21.6 Å². The highest BCUT2D eigenvalue weighted by molar-refractivity contribution is 7.15. The Labute approximate surface area is 178 Å². The fourth-order valence-electron chi connectivity index (χ4n) is 3.29. The first-order chi connectivity index (χ1) is 14.5. The molecule has 0 atom stereocenters. The van der Waals surface area contributed by atoms with Gasteiger partial charge in [0.2, 0.25) is 5.13 Å². The molecule has 0 spiro atoms. The Bertz CT molecular complexity index is 1310. The van der Waals surface area contributed by atoms with Gasteiger partial charge in [-0.1, -0.05) is 47.2 Å². The molecule has 8 nitrogen and oxygen atoms in total. The number of H-pyrrole nitrogens is 1. The fourth-order valence-corrected chi connectivity index (χ4v) is 4.24. The van der Waals surface area contributed by atoms with Crippen LogP contribution in [0, 0.1) is 0 Å². The summed E-state index contributed by atoms with van der Waals surface area (Å²) in [4.78, 5) is 41.6. The van der Waals surface area contributed by atoms with E-state index in [1.807, 2.05) is 6.07 Å². The van der Waals surface area contributed by atoms with Crippen LogP contribution in [0.25, 0.3) is 10.9 Å². The number of aromatic nitrogens is 3. The van der Waals surface area contributed by atoms with Crippen molar-refractivity contribution in [2.45, 2.75) is 6.54 Å². The predicted octanol–water partition coefficient (Wildman–Crippen LogP) is 3.72. The number of hydrogen-bond donors (Lipinski definition) is 2. The monoisotopic (exact) mass is 437 g/mol. The van der Waals surface area contributed by atoms with Crippen LogP contribution in [0.2, 0.25) is 5.02 Å². The van der Waals surface area contributed by atoms with Gasteiger partial charge in [0.15, 0.2) is 0 Å². The SMILES string of the molecule is O=C(Nc1nnc(CN2C(=O)c3ccccc3C2=O)s1)c1cc2cccc(Cl)c2[nH]1. The molecule has 5 rings (SSSR count). The molecule has 2 aromatic heterocycles. The fraction of sp³-hybridized carbons (Fsp3) is 0.0500. The summed E-state index contributed by atoms with van der Waals surface area (Å²) in [6, 6.07) is 13.7. The summed E-state index contributed by atoms with van der Waals surface area (Å²) in [5.74, 6) is -1.14. The van der Waals surface area contributed by atoms with Crippen molar-refractivity contribution in [3.8, 4) is 0 Å². The van der Waals surface area contributed by atoms with Crippen LogP contribution in [0.5, 0.6) is 0 Å². The van der Waals surface area contributed by atoms with E-state index in [1.165, 1.54) is 0 Å². The van der Waals surface area contributed by atoms with Crippen LogP contribution in [0.15, 0.2) is 48.5 Å². The first-order valence-electron chi connectivity index (χ1n) is 8.87. The maximum atomic E-state index is 12.5. The van der Waals surface area contributed by atoms with E-state index in [2.05, 4.69) is 20.5 Å². The van der Waals surface area contributed by atoms with E-state index >= 15 is 0 Å². The first-order valence-corrected chi connectivity index (χ1v) is 10.1. The second-order valence-electron chi connectivity index (χ2n) is 6.58. The lowest BCUT2D eigenvalue weighted by Crippen LogP contribution is -2.29. The van der Waals surface area contributed by atoms with E-state index in [9.17, 15) is 14.4 Å². The summed E-state index contributed by atoms with van der Waals surface area (Å²) in [5.41, 5.74) is 1.75. The minimum absolute atomic E-state index is 0.0120. The molecule has 2 aromatic carbocycles. The van der Waals surface area contributed by atoms with E-state index in [-0.39, 0.29) is 23.5 Å². The highest BCUT2D eigenvalue weighted by atomic mass is 35.5. The maximum Gasteiger partial charge on any atom is 0.273 e. The molecule has 0 bridgehead atoms. The molecular weight excluding hydrogens is 426 g/mol. The zero-order valence-corrected chi connectivity index (χ0v) is 16.8. The zero-order chi connectivity index (χ0) is 20.8. The van der Waals surface area contributed by atoms with Gasteiger partial charge in [0, 0.05) is 5.39 Å². The van der Waals surface area contributed by atoms with Crippen molar-refractivity contribution in [3.05, 3.63) is 75.4 Å². The van der Waals surface area contributed by atoms with E-state index in [1.54, 1.807) is 42.5 Å². The molecule has 148 valence electrons. The smallest absolute Gasteiger partial charge is 0.273 e. The van der Waals surface area contributed by atoms with Gasteiger partial charge in [0.1, 0.15) is 10.7 Å². The summed E-state index contributed by atoms with van der Waals surface area (Å²) in [6.45, 7) is -0.0120. The number of halogens is 1. The first kappa shape index (κ1) is 18.5. The molecule has 2 N–H and O–H groups in total. The Morgan fingerprint density at radius 1 is 1.07 bits per heavy atom. The summed E-state index contributed by atoms with van der Waals surface area (Å²) in [6.07, 6.45) is 0. The summed E-state index contributed by atoms with van der Waals surface area (Å²) < 4.78 is 0. The van der Waals surface area contributed by atoms with Gasteiger partial charge < -0.3 is 4.98 Å². The Morgan fingerprint density at radius 2 is 1.80 bits per heavy atom. The Balaban J connectivity index is 1.31. The van der Waals surface area contributed by atoms with Crippen LogP contribution in [0.3, 0.4) is 0 Å². The van der Waals surface area contributed by atoms with E-state index in [4.69, 9.17) is 11.6 Å². The number of hydrogen-bond acceptors (Lipinski definition) is 6. The van der Waals surface area contributed by atoms with Gasteiger partial charge in [0.25, 0.3) is 17.7 Å². The number of amides is 3. The van der Waals surface area contributed by atoms with Crippen LogP contribution < -0.4 is 5.32 Å². The molecule has 30 heavy (non-hydrogen) atoms. The van der Waals surface area contributed by atoms with Gasteiger partial charge in [-0.15, -0.1) is 10.2 Å². The third-order valence-corrected chi connectivity index (χ3v) is 5.85. The quantitative estimate of drug-likeness (QED) is 0.473. The van der Waals surface area contributed by atoms with Crippen LogP contribution in [0.1, 0.15) is 36.2 Å². The number of aromatic amines is 1. The molecule has 0 saturated heterocycles. The topological polar surface area (TPSA) is 108 Å². The Morgan fingerprint density at radius 3 is 2.50 bits per heavy atom. The number of fused-ring (bicyclic) bond motifs is 2. The maximum absolute atomic E-state index is 12.5. The lowest BCUT2D eigenvalue weighted by Gasteiger charge is -2.10. The second-order valence-corrected chi connectivity index (χ2v) is 8.05. The lowest BCUT2D eigenvalue weighted by atomic mass is 10.1. The number of benzene rings is 2. The molecule has 0 unspecified atom stereocenters. The minimum Gasteiger partial charge on any atom is -0.349 e. The number of nitrogens with zero attached hydrogens (tertiary/aromatic N) is 3. The van der Waals surface area contributed by atoms with Crippen molar-refractivity contribution < 1.29 is 14.4 Å². The van der Waals surface area contributed by atoms with Crippen LogP contribution in [-0.2, 0) is 6.54 Å². The molecule has 0 saturated carbocycles.